The Morgan fingerprint density at radius 3 is 2.13 bits per heavy atom. The topological polar surface area (TPSA) is 84.5 Å². The molecular formula is C24H32N2O4. The molecule has 5 rings (SSSR count). The predicted molar refractivity (Wildman–Crippen MR) is 114 cm³/mol. The zero-order valence-corrected chi connectivity index (χ0v) is 17.9. The Labute approximate surface area is 178 Å². The van der Waals surface area contributed by atoms with Crippen LogP contribution in [0, 0.1) is 23.2 Å². The van der Waals surface area contributed by atoms with Gasteiger partial charge >= 0.3 is 5.97 Å². The van der Waals surface area contributed by atoms with Crippen molar-refractivity contribution in [3.05, 3.63) is 29.8 Å². The van der Waals surface area contributed by atoms with E-state index in [0.717, 1.165) is 43.4 Å². The van der Waals surface area contributed by atoms with E-state index in [0.29, 0.717) is 11.3 Å². The highest BCUT2D eigenvalue weighted by Gasteiger charge is 2.54. The summed E-state index contributed by atoms with van der Waals surface area (Å²) in [5.74, 6) is 1.44. The molecular weight excluding hydrogens is 380 g/mol. The lowest BCUT2D eigenvalue weighted by molar-refractivity contribution is -0.140. The van der Waals surface area contributed by atoms with Crippen molar-refractivity contribution < 1.29 is 19.1 Å². The van der Waals surface area contributed by atoms with Crippen LogP contribution in [0.25, 0.3) is 0 Å². The van der Waals surface area contributed by atoms with E-state index in [1.807, 2.05) is 13.8 Å². The lowest BCUT2D eigenvalue weighted by Gasteiger charge is -2.55. The predicted octanol–water partition coefficient (Wildman–Crippen LogP) is 3.91. The van der Waals surface area contributed by atoms with Crippen LogP contribution in [0.4, 0.5) is 5.69 Å². The van der Waals surface area contributed by atoms with E-state index >= 15 is 0 Å². The molecule has 0 unspecified atom stereocenters. The Morgan fingerprint density at radius 1 is 1.03 bits per heavy atom. The van der Waals surface area contributed by atoms with Gasteiger partial charge in [0.2, 0.25) is 5.91 Å². The average molecular weight is 413 g/mol. The van der Waals surface area contributed by atoms with E-state index in [1.165, 1.54) is 19.3 Å². The minimum atomic E-state index is -0.548. The zero-order valence-electron chi connectivity index (χ0n) is 17.9. The highest BCUT2D eigenvalue weighted by atomic mass is 16.5. The molecule has 2 amide bonds. The van der Waals surface area contributed by atoms with Crippen molar-refractivity contribution in [1.29, 1.82) is 0 Å². The number of hydrogen-bond acceptors (Lipinski definition) is 4. The molecule has 4 bridgehead atoms. The van der Waals surface area contributed by atoms with Gasteiger partial charge in [-0.1, -0.05) is 6.92 Å². The first-order chi connectivity index (χ1) is 14.4. The summed E-state index contributed by atoms with van der Waals surface area (Å²) < 4.78 is 5.08. The fourth-order valence-corrected chi connectivity index (χ4v) is 5.98. The van der Waals surface area contributed by atoms with Gasteiger partial charge in [-0.15, -0.1) is 0 Å². The third-order valence-corrected chi connectivity index (χ3v) is 7.25. The van der Waals surface area contributed by atoms with Crippen molar-refractivity contribution in [2.24, 2.45) is 23.2 Å². The molecule has 4 aliphatic rings. The molecule has 0 saturated heterocycles. The van der Waals surface area contributed by atoms with Gasteiger partial charge in [0, 0.05) is 11.7 Å². The van der Waals surface area contributed by atoms with Gasteiger partial charge < -0.3 is 15.4 Å². The van der Waals surface area contributed by atoms with Crippen LogP contribution in [-0.4, -0.2) is 30.4 Å². The van der Waals surface area contributed by atoms with Gasteiger partial charge in [0.25, 0.3) is 5.91 Å². The van der Waals surface area contributed by atoms with Crippen LogP contribution in [0.3, 0.4) is 0 Å². The van der Waals surface area contributed by atoms with E-state index in [-0.39, 0.29) is 29.9 Å². The third-order valence-electron chi connectivity index (χ3n) is 7.25. The second-order valence-electron chi connectivity index (χ2n) is 9.68. The number of rotatable bonds is 7. The maximum absolute atomic E-state index is 13.1. The van der Waals surface area contributed by atoms with Crippen molar-refractivity contribution in [2.75, 3.05) is 11.9 Å². The Morgan fingerprint density at radius 2 is 1.60 bits per heavy atom. The lowest BCUT2D eigenvalue weighted by Crippen LogP contribution is -2.51. The minimum Gasteiger partial charge on any atom is -0.452 e. The smallest absolute Gasteiger partial charge is 0.338 e. The molecule has 4 fully saturated rings. The molecule has 0 aromatic heterocycles. The molecule has 1 atom stereocenters. The van der Waals surface area contributed by atoms with Crippen LogP contribution in [0.15, 0.2) is 24.3 Å². The molecule has 0 heterocycles. The molecule has 6 nitrogen and oxygen atoms in total. The zero-order chi connectivity index (χ0) is 21.3. The van der Waals surface area contributed by atoms with E-state index in [2.05, 4.69) is 10.6 Å². The summed E-state index contributed by atoms with van der Waals surface area (Å²) >= 11 is 0. The quantitative estimate of drug-likeness (QED) is 0.665. The van der Waals surface area contributed by atoms with E-state index in [1.54, 1.807) is 24.3 Å². The van der Waals surface area contributed by atoms with Crippen LogP contribution < -0.4 is 10.6 Å². The van der Waals surface area contributed by atoms with Crippen LogP contribution in [0.5, 0.6) is 0 Å². The summed E-state index contributed by atoms with van der Waals surface area (Å²) in [6.07, 6.45) is 7.79. The summed E-state index contributed by atoms with van der Waals surface area (Å²) in [7, 11) is 0. The average Bonchev–Trinajstić information content (AvgIpc) is 2.71. The number of esters is 1. The van der Waals surface area contributed by atoms with E-state index in [9.17, 15) is 14.4 Å². The largest absolute Gasteiger partial charge is 0.452 e. The normalized spacial score (nSPS) is 29.9. The Balaban J connectivity index is 1.31. The Kier molecular flexibility index (Phi) is 5.85. The minimum absolute atomic E-state index is 0.0491. The van der Waals surface area contributed by atoms with Crippen molar-refractivity contribution in [2.45, 2.75) is 64.8 Å². The van der Waals surface area contributed by atoms with Gasteiger partial charge in [-0.2, -0.15) is 0 Å². The highest BCUT2D eigenvalue weighted by Crippen LogP contribution is 2.60. The number of carbonyl (C=O) groups is 3. The molecule has 2 N–H and O–H groups in total. The molecule has 4 aliphatic carbocycles. The summed E-state index contributed by atoms with van der Waals surface area (Å²) in [4.78, 5) is 37.1. The number of nitrogens with one attached hydrogen (secondary N) is 2. The van der Waals surface area contributed by atoms with Crippen LogP contribution in [0.2, 0.25) is 0 Å². The summed E-state index contributed by atoms with van der Waals surface area (Å²) in [5.41, 5.74) is 0.857. The SMILES string of the molecule is CC[C@@H](C)NC(=O)COC(=O)c1ccc(NC(=O)C23CC4CC(CC(C4)C2)C3)cc1. The second-order valence-corrected chi connectivity index (χ2v) is 9.68. The number of anilines is 1. The second kappa shape index (κ2) is 8.40. The van der Waals surface area contributed by atoms with Gasteiger partial charge in [-0.05, 0) is 93.9 Å². The van der Waals surface area contributed by atoms with Gasteiger partial charge in [-0.3, -0.25) is 9.59 Å². The molecule has 0 spiro atoms. The molecule has 6 heteroatoms. The van der Waals surface area contributed by atoms with E-state index in [4.69, 9.17) is 4.74 Å². The van der Waals surface area contributed by atoms with Crippen LogP contribution in [0.1, 0.15) is 69.2 Å². The highest BCUT2D eigenvalue weighted by molar-refractivity contribution is 5.96. The molecule has 1 aromatic rings. The van der Waals surface area contributed by atoms with Crippen molar-refractivity contribution in [3.63, 3.8) is 0 Å². The molecule has 0 radical (unpaired) electrons. The first kappa shape index (κ1) is 20.9. The molecule has 30 heavy (non-hydrogen) atoms. The van der Waals surface area contributed by atoms with Crippen LogP contribution in [-0.2, 0) is 14.3 Å². The Bertz CT molecular complexity index is 782. The summed E-state index contributed by atoms with van der Waals surface area (Å²) in [5, 5.41) is 5.85. The fraction of sp³-hybridized carbons (Fsp3) is 0.625. The summed E-state index contributed by atoms with van der Waals surface area (Å²) in [6, 6.07) is 6.77. The van der Waals surface area contributed by atoms with Crippen LogP contribution >= 0.6 is 0 Å². The van der Waals surface area contributed by atoms with Crippen molar-refractivity contribution in [3.8, 4) is 0 Å². The van der Waals surface area contributed by atoms with Gasteiger partial charge in [0.15, 0.2) is 6.61 Å². The van der Waals surface area contributed by atoms with Crippen molar-refractivity contribution in [1.82, 2.24) is 5.32 Å². The van der Waals surface area contributed by atoms with Gasteiger partial charge in [-0.25, -0.2) is 4.79 Å². The van der Waals surface area contributed by atoms with Gasteiger partial charge in [0.05, 0.1) is 11.0 Å². The fourth-order valence-electron chi connectivity index (χ4n) is 5.98. The maximum Gasteiger partial charge on any atom is 0.338 e. The number of hydrogen-bond donors (Lipinski definition) is 2. The molecule has 0 aliphatic heterocycles. The lowest BCUT2D eigenvalue weighted by atomic mass is 9.49. The monoisotopic (exact) mass is 412 g/mol. The number of benzene rings is 1. The molecule has 1 aromatic carbocycles. The molecule has 162 valence electrons. The number of carbonyl (C=O) groups excluding carboxylic acids is 3. The summed E-state index contributed by atoms with van der Waals surface area (Å²) in [6.45, 7) is 3.57. The number of ether oxygens (including phenoxy) is 1. The number of amides is 2. The third kappa shape index (κ3) is 4.37. The Hall–Kier alpha value is -2.37. The van der Waals surface area contributed by atoms with E-state index < -0.39 is 5.97 Å². The standard InChI is InChI=1S/C24H32N2O4/c1-3-15(2)25-21(27)14-30-22(28)19-4-6-20(7-5-19)26-23(29)24-11-16-8-17(12-24)10-18(9-16)13-24/h4-7,15-18H,3,8-14H2,1-2H3,(H,25,27)(H,26,29)/t15-,16?,17?,18?,24?/m1/s1. The molecule has 4 saturated carbocycles. The van der Waals surface area contributed by atoms with Crippen molar-refractivity contribution >= 4 is 23.5 Å². The first-order valence-electron chi connectivity index (χ1n) is 11.2. The maximum atomic E-state index is 13.1. The van der Waals surface area contributed by atoms with Gasteiger partial charge in [0.1, 0.15) is 0 Å². The first-order valence-corrected chi connectivity index (χ1v) is 11.2.